The number of benzene rings is 2. The fraction of sp³-hybridized carbons (Fsp3) is 0.100. The zero-order valence-electron chi connectivity index (χ0n) is 21.6. The lowest BCUT2D eigenvalue weighted by Gasteiger charge is -2.15. The molecule has 10 heteroatoms. The van der Waals surface area contributed by atoms with Crippen LogP contribution in [0.2, 0.25) is 0 Å². The lowest BCUT2D eigenvalue weighted by molar-refractivity contribution is 0.277. The smallest absolute Gasteiger partial charge is 0.280 e. The fourth-order valence-electron chi connectivity index (χ4n) is 4.78. The first-order valence-electron chi connectivity index (χ1n) is 12.2. The number of ether oxygens (including phenoxy) is 2. The molecule has 4 heterocycles. The first kappa shape index (κ1) is 26.7. The molecule has 0 unspecified atom stereocenters. The van der Waals surface area contributed by atoms with E-state index in [9.17, 15) is 9.90 Å². The Bertz CT molecular complexity index is 1910. The van der Waals surface area contributed by atoms with Crippen molar-refractivity contribution in [2.24, 2.45) is 0 Å². The molecule has 0 saturated heterocycles. The maximum Gasteiger partial charge on any atom is 0.280 e. The Morgan fingerprint density at radius 3 is 2.33 bits per heavy atom. The second-order valence-electron chi connectivity index (χ2n) is 8.79. The molecule has 0 bridgehead atoms. The largest absolute Gasteiger partial charge is 0.493 e. The summed E-state index contributed by atoms with van der Waals surface area (Å²) in [6, 6.07) is 18.3. The standard InChI is InChI=1S/C30H23N5O4.ClH/c1-38-25-12-20-16-33-24(17-36)28(23(20)14-26(25)39-2)18-9-11-32-27(13-18)35-30(37)22-8-4-3-7-21(22)29(34-35)19-6-5-10-31-15-19;/h3-16,36H,17H2,1-2H3;1H. The van der Waals surface area contributed by atoms with Crippen molar-refractivity contribution in [3.63, 3.8) is 0 Å². The van der Waals surface area contributed by atoms with Gasteiger partial charge in [0, 0.05) is 46.7 Å². The van der Waals surface area contributed by atoms with Crippen LogP contribution in [0.25, 0.3) is 49.7 Å². The Hall–Kier alpha value is -4.86. The molecule has 0 spiro atoms. The lowest BCUT2D eigenvalue weighted by atomic mass is 9.97. The predicted octanol–water partition coefficient (Wildman–Crippen LogP) is 4.99. The molecule has 9 nitrogen and oxygen atoms in total. The minimum Gasteiger partial charge on any atom is -0.493 e. The Labute approximate surface area is 235 Å². The number of hydrogen-bond donors (Lipinski definition) is 1. The van der Waals surface area contributed by atoms with Gasteiger partial charge in [-0.25, -0.2) is 4.98 Å². The number of fused-ring (bicyclic) bond motifs is 2. The zero-order valence-corrected chi connectivity index (χ0v) is 22.4. The van der Waals surface area contributed by atoms with Crippen LogP contribution >= 0.6 is 12.4 Å². The average Bonchev–Trinajstić information content (AvgIpc) is 3.00. The highest BCUT2D eigenvalue weighted by Gasteiger charge is 2.18. The lowest BCUT2D eigenvalue weighted by Crippen LogP contribution is -2.23. The minimum absolute atomic E-state index is 0. The van der Waals surface area contributed by atoms with Gasteiger partial charge >= 0.3 is 0 Å². The third-order valence-electron chi connectivity index (χ3n) is 6.61. The highest BCUT2D eigenvalue weighted by Crippen LogP contribution is 2.38. The van der Waals surface area contributed by atoms with Crippen LogP contribution in [0.1, 0.15) is 5.69 Å². The van der Waals surface area contributed by atoms with Gasteiger partial charge in [0.2, 0.25) is 0 Å². The monoisotopic (exact) mass is 553 g/mol. The number of methoxy groups -OCH3 is 2. The molecule has 2 aromatic carbocycles. The van der Waals surface area contributed by atoms with Gasteiger partial charge in [-0.3, -0.25) is 14.8 Å². The molecule has 0 saturated carbocycles. The van der Waals surface area contributed by atoms with E-state index in [0.29, 0.717) is 45.2 Å². The van der Waals surface area contributed by atoms with Crippen LogP contribution < -0.4 is 15.0 Å². The molecule has 1 N–H and O–H groups in total. The first-order valence-corrected chi connectivity index (χ1v) is 12.2. The Kier molecular flexibility index (Phi) is 7.41. The summed E-state index contributed by atoms with van der Waals surface area (Å²) in [5.41, 5.74) is 2.97. The summed E-state index contributed by atoms with van der Waals surface area (Å²) in [6.45, 7) is -0.281. The van der Waals surface area contributed by atoms with Crippen LogP contribution in [0.15, 0.2) is 90.2 Å². The van der Waals surface area contributed by atoms with Crippen molar-refractivity contribution in [3.8, 4) is 39.7 Å². The van der Waals surface area contributed by atoms with E-state index in [0.717, 1.165) is 21.7 Å². The number of hydrogen-bond acceptors (Lipinski definition) is 8. The highest BCUT2D eigenvalue weighted by atomic mass is 35.5. The summed E-state index contributed by atoms with van der Waals surface area (Å²) in [7, 11) is 3.14. The van der Waals surface area contributed by atoms with E-state index in [1.165, 1.54) is 4.68 Å². The van der Waals surface area contributed by atoms with Crippen molar-refractivity contribution >= 4 is 34.0 Å². The second-order valence-corrected chi connectivity index (χ2v) is 8.79. The van der Waals surface area contributed by atoms with E-state index in [-0.39, 0.29) is 24.6 Å². The Morgan fingerprint density at radius 2 is 1.60 bits per heavy atom. The number of aliphatic hydroxyl groups is 1. The van der Waals surface area contributed by atoms with Crippen molar-refractivity contribution in [1.29, 1.82) is 0 Å². The SMILES string of the molecule is COc1cc2cnc(CO)c(-c3ccnc(-n4nc(-c5cccnc5)c5ccccc5c4=O)c3)c2cc1OC.Cl. The van der Waals surface area contributed by atoms with Crippen molar-refractivity contribution < 1.29 is 14.6 Å². The molecule has 0 aliphatic heterocycles. The molecule has 0 fully saturated rings. The zero-order chi connectivity index (χ0) is 26.9. The van der Waals surface area contributed by atoms with Gasteiger partial charge in [-0.2, -0.15) is 9.78 Å². The highest BCUT2D eigenvalue weighted by molar-refractivity contribution is 5.99. The molecule has 0 amide bonds. The molecule has 200 valence electrons. The molecule has 6 rings (SSSR count). The van der Waals surface area contributed by atoms with E-state index in [1.54, 1.807) is 51.1 Å². The van der Waals surface area contributed by atoms with Crippen LogP contribution in [-0.2, 0) is 6.61 Å². The fourth-order valence-corrected chi connectivity index (χ4v) is 4.78. The average molecular weight is 554 g/mol. The van der Waals surface area contributed by atoms with E-state index in [4.69, 9.17) is 14.6 Å². The summed E-state index contributed by atoms with van der Waals surface area (Å²) >= 11 is 0. The van der Waals surface area contributed by atoms with Gasteiger partial charge in [-0.05, 0) is 53.4 Å². The van der Waals surface area contributed by atoms with E-state index in [1.807, 2.05) is 48.5 Å². The van der Waals surface area contributed by atoms with Crippen molar-refractivity contribution in [3.05, 3.63) is 101 Å². The first-order chi connectivity index (χ1) is 19.1. The van der Waals surface area contributed by atoms with Crippen LogP contribution in [0, 0.1) is 0 Å². The normalized spacial score (nSPS) is 10.9. The van der Waals surface area contributed by atoms with Crippen LogP contribution in [-0.4, -0.2) is 44.1 Å². The van der Waals surface area contributed by atoms with Gasteiger partial charge in [0.25, 0.3) is 5.56 Å². The second kappa shape index (κ2) is 11.1. The van der Waals surface area contributed by atoms with Crippen LogP contribution in [0.5, 0.6) is 11.5 Å². The molecule has 4 aromatic heterocycles. The predicted molar refractivity (Wildman–Crippen MR) is 155 cm³/mol. The molecule has 0 aliphatic rings. The number of pyridine rings is 3. The molecule has 40 heavy (non-hydrogen) atoms. The Balaban J connectivity index is 0.00000323. The molecule has 0 radical (unpaired) electrons. The van der Waals surface area contributed by atoms with E-state index < -0.39 is 0 Å². The van der Waals surface area contributed by atoms with Gasteiger partial charge in [0.15, 0.2) is 17.3 Å². The quantitative estimate of drug-likeness (QED) is 0.307. The molecule has 0 atom stereocenters. The Morgan fingerprint density at radius 1 is 0.825 bits per heavy atom. The van der Waals surface area contributed by atoms with Gasteiger partial charge in [0.05, 0.1) is 31.9 Å². The van der Waals surface area contributed by atoms with Gasteiger partial charge < -0.3 is 14.6 Å². The number of rotatable bonds is 6. The molecule has 0 aliphatic carbocycles. The van der Waals surface area contributed by atoms with Gasteiger partial charge in [-0.15, -0.1) is 12.4 Å². The minimum atomic E-state index is -0.298. The summed E-state index contributed by atoms with van der Waals surface area (Å²) in [5.74, 6) is 1.44. The van der Waals surface area contributed by atoms with Crippen molar-refractivity contribution in [2.45, 2.75) is 6.61 Å². The number of halogens is 1. The van der Waals surface area contributed by atoms with Crippen LogP contribution in [0.3, 0.4) is 0 Å². The van der Waals surface area contributed by atoms with Crippen LogP contribution in [0.4, 0.5) is 0 Å². The number of nitrogens with zero attached hydrogens (tertiary/aromatic N) is 5. The maximum atomic E-state index is 13.6. The molecular weight excluding hydrogens is 530 g/mol. The molecule has 6 aromatic rings. The van der Waals surface area contributed by atoms with E-state index in [2.05, 4.69) is 15.0 Å². The van der Waals surface area contributed by atoms with E-state index >= 15 is 0 Å². The summed E-state index contributed by atoms with van der Waals surface area (Å²) in [5, 5.41) is 17.7. The van der Waals surface area contributed by atoms with Crippen molar-refractivity contribution in [1.82, 2.24) is 24.7 Å². The third kappa shape index (κ3) is 4.51. The number of aliphatic hydroxyl groups excluding tert-OH is 1. The van der Waals surface area contributed by atoms with Crippen molar-refractivity contribution in [2.75, 3.05) is 14.2 Å². The summed E-state index contributed by atoms with van der Waals surface area (Å²) in [4.78, 5) is 26.8. The van der Waals surface area contributed by atoms with Gasteiger partial charge in [0.1, 0.15) is 5.69 Å². The van der Waals surface area contributed by atoms with Gasteiger partial charge in [-0.1, -0.05) is 18.2 Å². The summed E-state index contributed by atoms with van der Waals surface area (Å²) < 4.78 is 12.3. The molecular formula is C30H24ClN5O4. The maximum absolute atomic E-state index is 13.6. The number of aromatic nitrogens is 5. The topological polar surface area (TPSA) is 112 Å². The third-order valence-corrected chi connectivity index (χ3v) is 6.61. The summed E-state index contributed by atoms with van der Waals surface area (Å²) in [6.07, 6.45) is 6.70.